The van der Waals surface area contributed by atoms with Gasteiger partial charge in [-0.2, -0.15) is 0 Å². The molecule has 5 rings (SSSR count). The van der Waals surface area contributed by atoms with Crippen LogP contribution in [0.15, 0.2) is 42.6 Å². The number of rotatable bonds is 4. The number of aryl methyl sites for hydroxylation is 1. The lowest BCUT2D eigenvalue weighted by atomic mass is 9.54. The number of carbonyl (C=O) groups excluding carboxylic acids is 2. The summed E-state index contributed by atoms with van der Waals surface area (Å²) < 4.78 is 0. The monoisotopic (exact) mass is 418 g/mol. The molecule has 1 heterocycles. The van der Waals surface area contributed by atoms with Gasteiger partial charge >= 0.3 is 0 Å². The van der Waals surface area contributed by atoms with E-state index in [1.165, 1.54) is 17.2 Å². The largest absolute Gasteiger partial charge is 0.504 e. The van der Waals surface area contributed by atoms with E-state index in [9.17, 15) is 14.7 Å². The molecule has 3 aliphatic rings. The lowest BCUT2D eigenvalue weighted by Crippen LogP contribution is -2.44. The van der Waals surface area contributed by atoms with Gasteiger partial charge in [0.1, 0.15) is 5.78 Å². The van der Waals surface area contributed by atoms with Gasteiger partial charge in [0.25, 0.3) is 0 Å². The summed E-state index contributed by atoms with van der Waals surface area (Å²) in [4.78, 5) is 29.7. The van der Waals surface area contributed by atoms with Gasteiger partial charge in [-0.15, -0.1) is 0 Å². The van der Waals surface area contributed by atoms with Crippen LogP contribution in [0.1, 0.15) is 62.5 Å². The van der Waals surface area contributed by atoms with E-state index in [4.69, 9.17) is 0 Å². The quantitative estimate of drug-likeness (QED) is 0.743. The van der Waals surface area contributed by atoms with E-state index in [0.29, 0.717) is 42.8 Å². The number of amides is 1. The average molecular weight is 419 g/mol. The molecule has 1 aromatic heterocycles. The van der Waals surface area contributed by atoms with Crippen molar-refractivity contribution < 1.29 is 14.7 Å². The number of anilines is 1. The molecule has 0 aliphatic heterocycles. The number of aromatic hydroxyl groups is 1. The van der Waals surface area contributed by atoms with E-state index in [1.54, 1.807) is 12.3 Å². The van der Waals surface area contributed by atoms with E-state index in [0.717, 1.165) is 25.7 Å². The molecule has 3 unspecified atom stereocenters. The lowest BCUT2D eigenvalue weighted by Gasteiger charge is -2.50. The van der Waals surface area contributed by atoms with Crippen LogP contribution in [0.4, 0.5) is 5.82 Å². The lowest BCUT2D eigenvalue weighted by molar-refractivity contribution is -0.129. The molecule has 1 aromatic carbocycles. The molecule has 0 saturated heterocycles. The molecule has 5 atom stereocenters. The topological polar surface area (TPSA) is 79.3 Å². The number of carbonyl (C=O) groups is 2. The van der Waals surface area contributed by atoms with Gasteiger partial charge in [-0.3, -0.25) is 9.59 Å². The fourth-order valence-electron chi connectivity index (χ4n) is 6.85. The van der Waals surface area contributed by atoms with E-state index < -0.39 is 0 Å². The molecule has 1 amide bonds. The van der Waals surface area contributed by atoms with Gasteiger partial charge in [-0.25, -0.2) is 4.98 Å². The Morgan fingerprint density at radius 1 is 1.23 bits per heavy atom. The van der Waals surface area contributed by atoms with Crippen LogP contribution in [0.25, 0.3) is 0 Å². The van der Waals surface area contributed by atoms with Crippen molar-refractivity contribution in [3.63, 3.8) is 0 Å². The number of nitrogens with zero attached hydrogens (tertiary/aromatic N) is 1. The zero-order valence-electron chi connectivity index (χ0n) is 18.0. The highest BCUT2D eigenvalue weighted by atomic mass is 16.3. The van der Waals surface area contributed by atoms with Crippen molar-refractivity contribution >= 4 is 17.5 Å². The highest BCUT2D eigenvalue weighted by Gasteiger charge is 2.58. The molecule has 2 fully saturated rings. The third kappa shape index (κ3) is 3.44. The molecule has 2 N–H and O–H groups in total. The zero-order chi connectivity index (χ0) is 21.6. The van der Waals surface area contributed by atoms with Crippen LogP contribution in [0.2, 0.25) is 0 Å². The van der Waals surface area contributed by atoms with Crippen LogP contribution in [0, 0.1) is 23.2 Å². The van der Waals surface area contributed by atoms with E-state index >= 15 is 0 Å². The van der Waals surface area contributed by atoms with Crippen LogP contribution in [-0.4, -0.2) is 21.8 Å². The first-order chi connectivity index (χ1) is 15.0. The summed E-state index contributed by atoms with van der Waals surface area (Å²) in [5, 5.41) is 12.6. The van der Waals surface area contributed by atoms with Crippen molar-refractivity contribution in [2.75, 3.05) is 5.32 Å². The molecule has 5 heteroatoms. The van der Waals surface area contributed by atoms with Crippen LogP contribution in [-0.2, 0) is 16.0 Å². The van der Waals surface area contributed by atoms with Crippen molar-refractivity contribution in [1.82, 2.24) is 4.98 Å². The minimum atomic E-state index is -0.242. The highest BCUT2D eigenvalue weighted by molar-refractivity contribution is 5.91. The number of fused-ring (bicyclic) bond motifs is 5. The number of aromatic nitrogens is 1. The SMILES string of the molecule is C[C@]12CCC3c4ccccc4CCC3C1[C@H](CCC(=O)Nc1ncccc1O)CC2=O. The first-order valence-corrected chi connectivity index (χ1v) is 11.5. The van der Waals surface area contributed by atoms with Gasteiger partial charge in [-0.1, -0.05) is 31.2 Å². The molecule has 0 spiro atoms. The number of benzene rings is 1. The minimum absolute atomic E-state index is 0.0320. The molecular formula is C26H30N2O3. The Bertz CT molecular complexity index is 1020. The van der Waals surface area contributed by atoms with Gasteiger partial charge in [0.2, 0.25) is 5.91 Å². The number of ketones is 1. The molecule has 3 aliphatic carbocycles. The Kier molecular flexibility index (Phi) is 5.07. The number of hydrogen-bond acceptors (Lipinski definition) is 4. The molecule has 31 heavy (non-hydrogen) atoms. The Balaban J connectivity index is 1.33. The van der Waals surface area contributed by atoms with Gasteiger partial charge in [0.05, 0.1) is 0 Å². The Morgan fingerprint density at radius 2 is 2.06 bits per heavy atom. The van der Waals surface area contributed by atoms with Crippen molar-refractivity contribution in [3.8, 4) is 5.75 Å². The normalized spacial score (nSPS) is 31.5. The van der Waals surface area contributed by atoms with E-state index in [1.807, 2.05) is 0 Å². The second-order valence-corrected chi connectivity index (χ2v) is 9.84. The third-order valence-electron chi connectivity index (χ3n) is 8.27. The van der Waals surface area contributed by atoms with Crippen LogP contribution < -0.4 is 5.32 Å². The molecule has 162 valence electrons. The maximum Gasteiger partial charge on any atom is 0.225 e. The average Bonchev–Trinajstić information content (AvgIpc) is 3.04. The molecule has 0 radical (unpaired) electrons. The van der Waals surface area contributed by atoms with E-state index in [2.05, 4.69) is 41.5 Å². The van der Waals surface area contributed by atoms with Crippen molar-refractivity contribution in [2.45, 2.75) is 57.8 Å². The summed E-state index contributed by atoms with van der Waals surface area (Å²) in [6.07, 6.45) is 7.45. The Hall–Kier alpha value is -2.69. The highest BCUT2D eigenvalue weighted by Crippen LogP contribution is 2.62. The minimum Gasteiger partial charge on any atom is -0.504 e. The van der Waals surface area contributed by atoms with E-state index in [-0.39, 0.29) is 28.8 Å². The summed E-state index contributed by atoms with van der Waals surface area (Å²) in [6.45, 7) is 2.18. The summed E-state index contributed by atoms with van der Waals surface area (Å²) in [5.74, 6) is 2.06. The third-order valence-corrected chi connectivity index (χ3v) is 8.27. The number of Topliss-reactive ketones (excluding diaryl/α,β-unsaturated/α-hetero) is 1. The number of pyridine rings is 1. The summed E-state index contributed by atoms with van der Waals surface area (Å²) in [6, 6.07) is 11.9. The fraction of sp³-hybridized carbons (Fsp3) is 0.500. The predicted octanol–water partition coefficient (Wildman–Crippen LogP) is 4.86. The van der Waals surface area contributed by atoms with Crippen molar-refractivity contribution in [3.05, 3.63) is 53.7 Å². The van der Waals surface area contributed by atoms with Crippen LogP contribution in [0.5, 0.6) is 5.75 Å². The maximum absolute atomic E-state index is 13.1. The first-order valence-electron chi connectivity index (χ1n) is 11.5. The fourth-order valence-corrected chi connectivity index (χ4v) is 6.85. The van der Waals surface area contributed by atoms with Crippen molar-refractivity contribution in [2.24, 2.45) is 23.2 Å². The summed E-state index contributed by atoms with van der Waals surface area (Å²) in [7, 11) is 0. The van der Waals surface area contributed by atoms with Crippen molar-refractivity contribution in [1.29, 1.82) is 0 Å². The number of nitrogens with one attached hydrogen (secondary N) is 1. The second kappa shape index (κ2) is 7.77. The van der Waals surface area contributed by atoms with Crippen LogP contribution >= 0.6 is 0 Å². The number of hydrogen-bond donors (Lipinski definition) is 2. The Morgan fingerprint density at radius 3 is 2.90 bits per heavy atom. The van der Waals surface area contributed by atoms with Gasteiger partial charge in [0, 0.05) is 24.5 Å². The molecule has 5 nitrogen and oxygen atoms in total. The smallest absolute Gasteiger partial charge is 0.225 e. The summed E-state index contributed by atoms with van der Waals surface area (Å²) >= 11 is 0. The maximum atomic E-state index is 13.1. The molecule has 2 aromatic rings. The molecule has 0 bridgehead atoms. The Labute approximate surface area is 183 Å². The van der Waals surface area contributed by atoms with Gasteiger partial charge in [-0.05, 0) is 79.0 Å². The summed E-state index contributed by atoms with van der Waals surface area (Å²) in [5.41, 5.74) is 2.72. The molecule has 2 saturated carbocycles. The molecular weight excluding hydrogens is 388 g/mol. The van der Waals surface area contributed by atoms with Crippen LogP contribution in [0.3, 0.4) is 0 Å². The second-order valence-electron chi connectivity index (χ2n) is 9.84. The van der Waals surface area contributed by atoms with Gasteiger partial charge in [0.15, 0.2) is 11.6 Å². The predicted molar refractivity (Wildman–Crippen MR) is 119 cm³/mol. The first kappa shape index (κ1) is 20.2. The zero-order valence-corrected chi connectivity index (χ0v) is 18.0. The standard InChI is InChI=1S/C26H30N2O3/c1-26-13-12-19-18-6-3-2-5-16(18)8-10-20(19)24(26)17(15-22(26)30)9-11-23(31)28-25-21(29)7-4-14-27-25/h2-7,14,17,19-20,24,29H,8-13,15H2,1H3,(H,27,28,31)/t17-,19?,20?,24?,26-/m1/s1. The van der Waals surface area contributed by atoms with Gasteiger partial charge < -0.3 is 10.4 Å².